The summed E-state index contributed by atoms with van der Waals surface area (Å²) in [5, 5.41) is 0. The number of anilines is 1. The maximum Gasteiger partial charge on any atom is 0.332 e. The van der Waals surface area contributed by atoms with Crippen LogP contribution in [0.3, 0.4) is 0 Å². The van der Waals surface area contributed by atoms with E-state index in [9.17, 15) is 9.59 Å². The van der Waals surface area contributed by atoms with Gasteiger partial charge in [0.15, 0.2) is 11.2 Å². The highest BCUT2D eigenvalue weighted by Crippen LogP contribution is 2.26. The van der Waals surface area contributed by atoms with Gasteiger partial charge in [-0.15, -0.1) is 0 Å². The minimum absolute atomic E-state index is 0.289. The van der Waals surface area contributed by atoms with Crippen LogP contribution in [0.5, 0.6) is 0 Å². The number of hydrogen-bond acceptors (Lipinski definition) is 4. The molecule has 7 nitrogen and oxygen atoms in total. The monoisotopic (exact) mass is 311 g/mol. The molecule has 1 aliphatic rings. The molecule has 0 fully saturated rings. The van der Waals surface area contributed by atoms with E-state index in [-0.39, 0.29) is 11.2 Å². The Balaban J connectivity index is 1.87. The van der Waals surface area contributed by atoms with Gasteiger partial charge in [-0.1, -0.05) is 30.3 Å². The molecule has 1 aliphatic heterocycles. The van der Waals surface area contributed by atoms with Gasteiger partial charge < -0.3 is 9.47 Å². The number of imidazole rings is 1. The second-order valence-corrected chi connectivity index (χ2v) is 5.85. The molecule has 0 spiro atoms. The zero-order valence-corrected chi connectivity index (χ0v) is 13.1. The first-order chi connectivity index (χ1) is 11.1. The lowest BCUT2D eigenvalue weighted by molar-refractivity contribution is 0.698. The maximum absolute atomic E-state index is 12.5. The van der Waals surface area contributed by atoms with E-state index in [1.165, 1.54) is 17.2 Å². The van der Waals surface area contributed by atoms with Crippen molar-refractivity contribution in [2.45, 2.75) is 13.1 Å². The zero-order valence-electron chi connectivity index (χ0n) is 13.1. The number of benzene rings is 1. The Morgan fingerprint density at radius 1 is 1.04 bits per heavy atom. The number of aryl methyl sites for hydroxylation is 1. The van der Waals surface area contributed by atoms with Crippen LogP contribution in [0.2, 0.25) is 0 Å². The highest BCUT2D eigenvalue weighted by Gasteiger charge is 2.27. The number of rotatable bonds is 2. The molecular formula is C16H17N5O2. The van der Waals surface area contributed by atoms with Crippen molar-refractivity contribution in [3.05, 3.63) is 56.7 Å². The maximum atomic E-state index is 12.5. The molecule has 0 aliphatic carbocycles. The van der Waals surface area contributed by atoms with E-state index in [2.05, 4.69) is 22.0 Å². The summed E-state index contributed by atoms with van der Waals surface area (Å²) >= 11 is 0. The molecule has 0 saturated carbocycles. The quantitative estimate of drug-likeness (QED) is 0.689. The van der Waals surface area contributed by atoms with E-state index in [0.717, 1.165) is 23.6 Å². The smallest absolute Gasteiger partial charge is 0.332 e. The van der Waals surface area contributed by atoms with Crippen LogP contribution in [-0.2, 0) is 27.2 Å². The number of nitrogens with zero attached hydrogens (tertiary/aromatic N) is 5. The lowest BCUT2D eigenvalue weighted by atomic mass is 10.2. The molecule has 0 unspecified atom stereocenters. The standard InChI is InChI=1S/C16H17N5O2/c1-18-13-12(14(22)19(2)16(18)23)21-9-8-20(15(21)17-13)10-11-6-4-3-5-7-11/h3-7H,8-10H2,1-2H3. The minimum atomic E-state index is -0.353. The van der Waals surface area contributed by atoms with E-state index in [4.69, 9.17) is 0 Å². The predicted molar refractivity (Wildman–Crippen MR) is 87.7 cm³/mol. The lowest BCUT2D eigenvalue weighted by Crippen LogP contribution is -2.37. The summed E-state index contributed by atoms with van der Waals surface area (Å²) < 4.78 is 4.49. The Bertz CT molecular complexity index is 1010. The van der Waals surface area contributed by atoms with Crippen molar-refractivity contribution in [3.8, 4) is 0 Å². The van der Waals surface area contributed by atoms with Gasteiger partial charge >= 0.3 is 5.69 Å². The van der Waals surface area contributed by atoms with Gasteiger partial charge in [-0.25, -0.2) is 4.79 Å². The minimum Gasteiger partial charge on any atom is -0.336 e. The van der Waals surface area contributed by atoms with Crippen molar-refractivity contribution in [2.24, 2.45) is 14.1 Å². The van der Waals surface area contributed by atoms with Crippen molar-refractivity contribution in [1.29, 1.82) is 0 Å². The van der Waals surface area contributed by atoms with E-state index in [1.54, 1.807) is 7.05 Å². The summed E-state index contributed by atoms with van der Waals surface area (Å²) in [5.74, 6) is 0.752. The summed E-state index contributed by atoms with van der Waals surface area (Å²) in [7, 11) is 3.15. The Morgan fingerprint density at radius 3 is 2.52 bits per heavy atom. The Kier molecular flexibility index (Phi) is 2.90. The SMILES string of the molecule is Cn1c(=O)c2c(nc3n2CCN3Cc2ccccc2)n(C)c1=O. The van der Waals surface area contributed by atoms with Crippen molar-refractivity contribution in [1.82, 2.24) is 18.7 Å². The fourth-order valence-electron chi connectivity index (χ4n) is 3.16. The molecule has 2 aromatic heterocycles. The largest absolute Gasteiger partial charge is 0.336 e. The van der Waals surface area contributed by atoms with Crippen LogP contribution in [0, 0.1) is 0 Å². The topological polar surface area (TPSA) is 65.1 Å². The molecule has 0 amide bonds. The molecule has 1 aromatic carbocycles. The fraction of sp³-hybridized carbons (Fsp3) is 0.312. The van der Waals surface area contributed by atoms with Gasteiger partial charge in [0, 0.05) is 33.7 Å². The molecule has 0 saturated heterocycles. The second kappa shape index (κ2) is 4.84. The first kappa shape index (κ1) is 13.8. The van der Waals surface area contributed by atoms with Gasteiger partial charge in [-0.3, -0.25) is 13.9 Å². The first-order valence-electron chi connectivity index (χ1n) is 7.53. The highest BCUT2D eigenvalue weighted by molar-refractivity contribution is 5.75. The fourth-order valence-corrected chi connectivity index (χ4v) is 3.16. The summed E-state index contributed by atoms with van der Waals surface area (Å²) in [4.78, 5) is 31.2. The third kappa shape index (κ3) is 1.93. The van der Waals surface area contributed by atoms with Crippen molar-refractivity contribution >= 4 is 17.1 Å². The van der Waals surface area contributed by atoms with E-state index in [0.29, 0.717) is 17.7 Å². The number of fused-ring (bicyclic) bond motifs is 3. The summed E-state index contributed by atoms with van der Waals surface area (Å²) in [5.41, 5.74) is 1.50. The van der Waals surface area contributed by atoms with Gasteiger partial charge in [0.2, 0.25) is 5.95 Å². The zero-order chi connectivity index (χ0) is 16.1. The van der Waals surface area contributed by atoms with Crippen molar-refractivity contribution < 1.29 is 0 Å². The van der Waals surface area contributed by atoms with Gasteiger partial charge in [-0.05, 0) is 5.56 Å². The second-order valence-electron chi connectivity index (χ2n) is 5.85. The molecule has 0 radical (unpaired) electrons. The molecule has 4 rings (SSSR count). The molecule has 3 aromatic rings. The first-order valence-corrected chi connectivity index (χ1v) is 7.53. The van der Waals surface area contributed by atoms with Gasteiger partial charge in [0.05, 0.1) is 0 Å². The summed E-state index contributed by atoms with van der Waals surface area (Å²) in [6, 6.07) is 10.1. The molecule has 7 heteroatoms. The third-order valence-electron chi connectivity index (χ3n) is 4.42. The highest BCUT2D eigenvalue weighted by atomic mass is 16.2. The Labute approximate surface area is 132 Å². The normalized spacial score (nSPS) is 13.7. The van der Waals surface area contributed by atoms with E-state index in [1.807, 2.05) is 22.8 Å². The predicted octanol–water partition coefficient (Wildman–Crippen LogP) is 0.454. The Hall–Kier alpha value is -2.83. The van der Waals surface area contributed by atoms with Crippen LogP contribution in [0.4, 0.5) is 5.95 Å². The average molecular weight is 311 g/mol. The Morgan fingerprint density at radius 2 is 1.78 bits per heavy atom. The lowest BCUT2D eigenvalue weighted by Gasteiger charge is -2.15. The molecule has 23 heavy (non-hydrogen) atoms. The van der Waals surface area contributed by atoms with Crippen molar-refractivity contribution in [2.75, 3.05) is 11.4 Å². The van der Waals surface area contributed by atoms with Crippen LogP contribution in [-0.4, -0.2) is 25.2 Å². The molecule has 0 bridgehead atoms. The molecule has 118 valence electrons. The van der Waals surface area contributed by atoms with Gasteiger partial charge in [0.1, 0.15) is 0 Å². The number of aromatic nitrogens is 4. The van der Waals surface area contributed by atoms with Crippen LogP contribution >= 0.6 is 0 Å². The van der Waals surface area contributed by atoms with Crippen LogP contribution in [0.25, 0.3) is 11.2 Å². The van der Waals surface area contributed by atoms with Crippen LogP contribution in [0.1, 0.15) is 5.56 Å². The molecular weight excluding hydrogens is 294 g/mol. The van der Waals surface area contributed by atoms with E-state index >= 15 is 0 Å². The molecule has 0 atom stereocenters. The van der Waals surface area contributed by atoms with Crippen molar-refractivity contribution in [3.63, 3.8) is 0 Å². The van der Waals surface area contributed by atoms with Crippen LogP contribution in [0.15, 0.2) is 39.9 Å². The van der Waals surface area contributed by atoms with Crippen LogP contribution < -0.4 is 16.1 Å². The third-order valence-corrected chi connectivity index (χ3v) is 4.42. The summed E-state index contributed by atoms with van der Waals surface area (Å²) in [6.07, 6.45) is 0. The number of hydrogen-bond donors (Lipinski definition) is 0. The van der Waals surface area contributed by atoms with Gasteiger partial charge in [0.25, 0.3) is 5.56 Å². The van der Waals surface area contributed by atoms with E-state index < -0.39 is 0 Å². The molecule has 3 heterocycles. The molecule has 0 N–H and O–H groups in total. The summed E-state index contributed by atoms with van der Waals surface area (Å²) in [6.45, 7) is 2.24. The van der Waals surface area contributed by atoms with Gasteiger partial charge in [-0.2, -0.15) is 4.98 Å². The average Bonchev–Trinajstić information content (AvgIpc) is 3.12.